The van der Waals surface area contributed by atoms with Gasteiger partial charge in [-0.2, -0.15) is 0 Å². The molecule has 0 fully saturated rings. The molecule has 3 rings (SSSR count). The van der Waals surface area contributed by atoms with Crippen LogP contribution in [0.5, 0.6) is 0 Å². The zero-order chi connectivity index (χ0) is 22.4. The summed E-state index contributed by atoms with van der Waals surface area (Å²) in [5.41, 5.74) is 1.90. The molecule has 1 heterocycles. The van der Waals surface area contributed by atoms with E-state index < -0.39 is 10.0 Å². The predicted octanol–water partition coefficient (Wildman–Crippen LogP) is 4.76. The van der Waals surface area contributed by atoms with Crippen molar-refractivity contribution in [3.8, 4) is 0 Å². The van der Waals surface area contributed by atoms with Gasteiger partial charge < -0.3 is 5.32 Å². The molecule has 0 saturated carbocycles. The van der Waals surface area contributed by atoms with Crippen molar-refractivity contribution in [3.63, 3.8) is 0 Å². The average Bonchev–Trinajstić information content (AvgIpc) is 2.70. The first-order valence-corrected chi connectivity index (χ1v) is 12.4. The first-order chi connectivity index (χ1) is 14.7. The minimum Gasteiger partial charge on any atom is -0.325 e. The van der Waals surface area contributed by atoms with E-state index in [2.05, 4.69) is 20.0 Å². The SMILES string of the molecule is Cc1ccnc(NS(=O)(=O)c2ccc(NC(=O)CSCc3c(Cl)cccc3Cl)cc2)n1. The van der Waals surface area contributed by atoms with Gasteiger partial charge in [0.2, 0.25) is 11.9 Å². The molecule has 1 aromatic heterocycles. The lowest BCUT2D eigenvalue weighted by molar-refractivity contribution is -0.113. The van der Waals surface area contributed by atoms with Crippen molar-refractivity contribution in [1.82, 2.24) is 9.97 Å². The fourth-order valence-corrected chi connectivity index (χ4v) is 5.02. The van der Waals surface area contributed by atoms with Gasteiger partial charge in [-0.25, -0.2) is 23.1 Å². The summed E-state index contributed by atoms with van der Waals surface area (Å²) in [5.74, 6) is 0.451. The van der Waals surface area contributed by atoms with Crippen molar-refractivity contribution in [3.05, 3.63) is 76.0 Å². The molecule has 11 heteroatoms. The summed E-state index contributed by atoms with van der Waals surface area (Å²) >= 11 is 13.6. The third-order valence-electron chi connectivity index (χ3n) is 4.01. The van der Waals surface area contributed by atoms with Crippen molar-refractivity contribution in [1.29, 1.82) is 0 Å². The minimum atomic E-state index is -3.85. The van der Waals surface area contributed by atoms with E-state index in [1.807, 2.05) is 0 Å². The molecule has 2 aromatic carbocycles. The van der Waals surface area contributed by atoms with Gasteiger partial charge in [0, 0.05) is 33.4 Å². The van der Waals surface area contributed by atoms with Gasteiger partial charge in [0.15, 0.2) is 0 Å². The molecule has 31 heavy (non-hydrogen) atoms. The molecular weight excluding hydrogens is 479 g/mol. The molecule has 0 spiro atoms. The number of benzene rings is 2. The van der Waals surface area contributed by atoms with E-state index in [0.717, 1.165) is 5.56 Å². The lowest BCUT2D eigenvalue weighted by Crippen LogP contribution is -2.16. The van der Waals surface area contributed by atoms with Gasteiger partial charge in [0.1, 0.15) is 0 Å². The number of nitrogens with one attached hydrogen (secondary N) is 2. The van der Waals surface area contributed by atoms with Crippen molar-refractivity contribution in [2.24, 2.45) is 0 Å². The van der Waals surface area contributed by atoms with Gasteiger partial charge >= 0.3 is 0 Å². The van der Waals surface area contributed by atoms with E-state index in [0.29, 0.717) is 27.2 Å². The van der Waals surface area contributed by atoms with Gasteiger partial charge in [0.25, 0.3) is 10.0 Å². The molecule has 0 aliphatic rings. The number of amides is 1. The number of carbonyl (C=O) groups is 1. The fourth-order valence-electron chi connectivity index (χ4n) is 2.51. The van der Waals surface area contributed by atoms with Crippen LogP contribution in [0.25, 0.3) is 0 Å². The Bertz CT molecular complexity index is 1170. The highest BCUT2D eigenvalue weighted by Gasteiger charge is 2.16. The Morgan fingerprint density at radius 3 is 2.39 bits per heavy atom. The number of aryl methyl sites for hydroxylation is 1. The van der Waals surface area contributed by atoms with Crippen LogP contribution in [0.4, 0.5) is 11.6 Å². The van der Waals surface area contributed by atoms with Crippen LogP contribution in [-0.4, -0.2) is 30.0 Å². The van der Waals surface area contributed by atoms with Crippen molar-refractivity contribution in [2.75, 3.05) is 15.8 Å². The van der Waals surface area contributed by atoms with E-state index in [4.69, 9.17) is 23.2 Å². The molecule has 3 aromatic rings. The number of rotatable bonds is 8. The molecule has 0 bridgehead atoms. The lowest BCUT2D eigenvalue weighted by Gasteiger charge is -2.09. The molecule has 162 valence electrons. The van der Waals surface area contributed by atoms with E-state index >= 15 is 0 Å². The molecule has 0 aliphatic heterocycles. The van der Waals surface area contributed by atoms with E-state index in [9.17, 15) is 13.2 Å². The highest BCUT2D eigenvalue weighted by Crippen LogP contribution is 2.28. The summed E-state index contributed by atoms with van der Waals surface area (Å²) in [4.78, 5) is 20.1. The summed E-state index contributed by atoms with van der Waals surface area (Å²) in [7, 11) is -3.85. The monoisotopic (exact) mass is 496 g/mol. The zero-order valence-corrected chi connectivity index (χ0v) is 19.4. The highest BCUT2D eigenvalue weighted by atomic mass is 35.5. The maximum Gasteiger partial charge on any atom is 0.264 e. The Morgan fingerprint density at radius 1 is 1.06 bits per heavy atom. The predicted molar refractivity (Wildman–Crippen MR) is 125 cm³/mol. The van der Waals surface area contributed by atoms with Gasteiger partial charge in [-0.05, 0) is 55.0 Å². The number of hydrogen-bond donors (Lipinski definition) is 2. The zero-order valence-electron chi connectivity index (χ0n) is 16.3. The van der Waals surface area contributed by atoms with Crippen LogP contribution < -0.4 is 10.0 Å². The standard InChI is InChI=1S/C20H18Cl2N4O3S2/c1-13-9-10-23-20(24-13)26-31(28,29)15-7-5-14(6-8-15)25-19(27)12-30-11-16-17(21)3-2-4-18(16)22/h2-10H,11-12H2,1H3,(H,25,27)(H,23,24,26). The smallest absolute Gasteiger partial charge is 0.264 e. The number of aromatic nitrogens is 2. The second-order valence-corrected chi connectivity index (χ2v) is 9.88. The maximum atomic E-state index is 12.5. The Hall–Kier alpha value is -2.33. The normalized spacial score (nSPS) is 11.2. The first-order valence-electron chi connectivity index (χ1n) is 8.97. The third-order valence-corrected chi connectivity index (χ3v) is 7.02. The van der Waals surface area contributed by atoms with Crippen molar-refractivity contribution >= 4 is 62.5 Å². The summed E-state index contributed by atoms with van der Waals surface area (Å²) in [6.45, 7) is 1.73. The molecule has 7 nitrogen and oxygen atoms in total. The van der Waals surface area contributed by atoms with Crippen LogP contribution in [0.1, 0.15) is 11.3 Å². The van der Waals surface area contributed by atoms with Gasteiger partial charge in [-0.1, -0.05) is 29.3 Å². The van der Waals surface area contributed by atoms with Gasteiger partial charge in [-0.3, -0.25) is 4.79 Å². The average molecular weight is 497 g/mol. The van der Waals surface area contributed by atoms with Crippen LogP contribution in [0.15, 0.2) is 59.6 Å². The summed E-state index contributed by atoms with van der Waals surface area (Å²) in [5, 5.41) is 3.84. The van der Waals surface area contributed by atoms with Crippen molar-refractivity contribution in [2.45, 2.75) is 17.6 Å². The lowest BCUT2D eigenvalue weighted by atomic mass is 10.2. The largest absolute Gasteiger partial charge is 0.325 e. The molecule has 0 radical (unpaired) electrons. The Kier molecular flexibility index (Phi) is 7.77. The molecular formula is C20H18Cl2N4O3S2. The quantitative estimate of drug-likeness (QED) is 0.465. The molecule has 2 N–H and O–H groups in total. The second-order valence-electron chi connectivity index (χ2n) is 6.39. The van der Waals surface area contributed by atoms with Crippen LogP contribution in [0.3, 0.4) is 0 Å². The van der Waals surface area contributed by atoms with E-state index in [-0.39, 0.29) is 22.5 Å². The topological polar surface area (TPSA) is 101 Å². The number of hydrogen-bond acceptors (Lipinski definition) is 6. The van der Waals surface area contributed by atoms with E-state index in [1.54, 1.807) is 31.2 Å². The number of thioether (sulfide) groups is 1. The number of nitrogens with zero attached hydrogens (tertiary/aromatic N) is 2. The molecule has 0 saturated heterocycles. The third kappa shape index (κ3) is 6.57. The number of carbonyl (C=O) groups excluding carboxylic acids is 1. The highest BCUT2D eigenvalue weighted by molar-refractivity contribution is 7.99. The Morgan fingerprint density at radius 2 is 1.74 bits per heavy atom. The van der Waals surface area contributed by atoms with Crippen molar-refractivity contribution < 1.29 is 13.2 Å². The summed E-state index contributed by atoms with van der Waals surface area (Å²) in [6.07, 6.45) is 1.47. The summed E-state index contributed by atoms with van der Waals surface area (Å²) < 4.78 is 27.3. The molecule has 0 aliphatic carbocycles. The number of sulfonamides is 1. The number of anilines is 2. The summed E-state index contributed by atoms with van der Waals surface area (Å²) in [6, 6.07) is 12.7. The molecule has 0 atom stereocenters. The van der Waals surface area contributed by atoms with Gasteiger partial charge in [0.05, 0.1) is 10.6 Å². The van der Waals surface area contributed by atoms with E-state index in [1.165, 1.54) is 42.2 Å². The Labute approximate surface area is 194 Å². The fraction of sp³-hybridized carbons (Fsp3) is 0.150. The van der Waals surface area contributed by atoms with Gasteiger partial charge in [-0.15, -0.1) is 11.8 Å². The molecule has 1 amide bonds. The number of halogens is 2. The molecule has 0 unspecified atom stereocenters. The minimum absolute atomic E-state index is 0.00646. The first kappa shape index (κ1) is 23.3. The van der Waals surface area contributed by atoms with Crippen LogP contribution in [-0.2, 0) is 20.6 Å². The van der Waals surface area contributed by atoms with Crippen LogP contribution >= 0.6 is 35.0 Å². The van der Waals surface area contributed by atoms with Crippen LogP contribution in [0, 0.1) is 6.92 Å². The van der Waals surface area contributed by atoms with Crippen LogP contribution in [0.2, 0.25) is 10.0 Å². The Balaban J connectivity index is 1.55. The second kappa shape index (κ2) is 10.3. The maximum absolute atomic E-state index is 12.5.